The smallest absolute Gasteiger partial charge is 0.106 e. The number of para-hydroxylation sites is 1. The molecule has 0 radical (unpaired) electrons. The second kappa shape index (κ2) is 5.25. The lowest BCUT2D eigenvalue weighted by Crippen LogP contribution is -2.14. The number of nitrogens with two attached hydrogens (primary N) is 1. The van der Waals surface area contributed by atoms with Gasteiger partial charge in [0.15, 0.2) is 0 Å². The third-order valence-corrected chi connectivity index (χ3v) is 3.32. The summed E-state index contributed by atoms with van der Waals surface area (Å²) in [4.78, 5) is 4.64. The Kier molecular flexibility index (Phi) is 3.71. The van der Waals surface area contributed by atoms with Gasteiger partial charge >= 0.3 is 0 Å². The van der Waals surface area contributed by atoms with Crippen LogP contribution in [-0.4, -0.2) is 9.97 Å². The van der Waals surface area contributed by atoms with Gasteiger partial charge < -0.3 is 11.1 Å². The van der Waals surface area contributed by atoms with Crippen LogP contribution in [-0.2, 0) is 6.54 Å². The number of hydrogen-bond donors (Lipinski definition) is 2. The summed E-state index contributed by atoms with van der Waals surface area (Å²) in [5.74, 6) is 0. The van der Waals surface area contributed by atoms with E-state index >= 15 is 0 Å². The second-order valence-corrected chi connectivity index (χ2v) is 4.85. The maximum Gasteiger partial charge on any atom is 0.106 e. The summed E-state index contributed by atoms with van der Waals surface area (Å²) in [6.45, 7) is 2.72. The van der Waals surface area contributed by atoms with Crippen LogP contribution in [0.25, 0.3) is 0 Å². The number of nitrogens with zero attached hydrogens (tertiary/aromatic N) is 1. The number of nitrogens with one attached hydrogen (secondary N) is 1. The van der Waals surface area contributed by atoms with Crippen LogP contribution in [0.3, 0.4) is 0 Å². The topological polar surface area (TPSA) is 50.9 Å². The van der Waals surface area contributed by atoms with Gasteiger partial charge in [-0.1, -0.05) is 24.4 Å². The average Bonchev–Trinajstić information content (AvgIpc) is 2.80. The molecule has 2 aromatic rings. The van der Waals surface area contributed by atoms with Gasteiger partial charge in [0.05, 0.1) is 17.7 Å². The third-order valence-electron chi connectivity index (χ3n) is 2.47. The van der Waals surface area contributed by atoms with Gasteiger partial charge in [-0.05, 0) is 18.6 Å². The molecule has 0 aliphatic carbocycles. The summed E-state index contributed by atoms with van der Waals surface area (Å²) in [5, 5.41) is 5.36. The number of rotatable bonds is 4. The first kappa shape index (κ1) is 12.0. The largest absolute Gasteiger partial charge is 0.389 e. The minimum atomic E-state index is 0.412. The first-order valence-corrected chi connectivity index (χ1v) is 6.54. The van der Waals surface area contributed by atoms with Crippen LogP contribution in [0.15, 0.2) is 29.1 Å². The first-order valence-electron chi connectivity index (χ1n) is 5.19. The number of thiocarbonyl (C=S) groups is 1. The second-order valence-electron chi connectivity index (χ2n) is 3.70. The van der Waals surface area contributed by atoms with Crippen LogP contribution in [0.5, 0.6) is 0 Å². The van der Waals surface area contributed by atoms with Crippen molar-refractivity contribution in [3.05, 3.63) is 45.9 Å². The minimum absolute atomic E-state index is 0.412. The van der Waals surface area contributed by atoms with E-state index in [1.165, 1.54) is 0 Å². The summed E-state index contributed by atoms with van der Waals surface area (Å²) in [6.07, 6.45) is 0. The molecule has 0 saturated heterocycles. The van der Waals surface area contributed by atoms with Crippen LogP contribution in [0.1, 0.15) is 16.8 Å². The molecule has 3 nitrogen and oxygen atoms in total. The SMILES string of the molecule is Cc1cccc(C(N)=S)c1NCc1cscn1. The van der Waals surface area contributed by atoms with Gasteiger partial charge in [0, 0.05) is 16.6 Å². The molecule has 1 aromatic heterocycles. The van der Waals surface area contributed by atoms with E-state index in [-0.39, 0.29) is 0 Å². The maximum atomic E-state index is 5.71. The number of thiazole rings is 1. The molecule has 1 heterocycles. The normalized spacial score (nSPS) is 10.2. The molecule has 0 fully saturated rings. The molecule has 17 heavy (non-hydrogen) atoms. The number of aryl methyl sites for hydroxylation is 1. The monoisotopic (exact) mass is 263 g/mol. The Morgan fingerprint density at radius 3 is 3.00 bits per heavy atom. The van der Waals surface area contributed by atoms with Crippen molar-refractivity contribution in [3.63, 3.8) is 0 Å². The predicted molar refractivity (Wildman–Crippen MR) is 76.5 cm³/mol. The Hall–Kier alpha value is -1.46. The molecule has 2 rings (SSSR count). The van der Waals surface area contributed by atoms with Gasteiger partial charge in [-0.25, -0.2) is 4.98 Å². The summed E-state index contributed by atoms with van der Waals surface area (Å²) < 4.78 is 0. The Morgan fingerprint density at radius 1 is 1.53 bits per heavy atom. The average molecular weight is 263 g/mol. The Balaban J connectivity index is 2.22. The summed E-state index contributed by atoms with van der Waals surface area (Å²) >= 11 is 6.64. The highest BCUT2D eigenvalue weighted by molar-refractivity contribution is 7.80. The lowest BCUT2D eigenvalue weighted by atomic mass is 10.1. The van der Waals surface area contributed by atoms with Crippen LogP contribution in [0, 0.1) is 6.92 Å². The fourth-order valence-corrected chi connectivity index (χ4v) is 2.34. The van der Waals surface area contributed by atoms with E-state index in [2.05, 4.69) is 10.3 Å². The molecule has 0 bridgehead atoms. The number of aromatic nitrogens is 1. The van der Waals surface area contributed by atoms with Gasteiger partial charge in [-0.3, -0.25) is 0 Å². The molecule has 0 unspecified atom stereocenters. The number of benzene rings is 1. The zero-order valence-corrected chi connectivity index (χ0v) is 11.1. The molecule has 5 heteroatoms. The number of hydrogen-bond acceptors (Lipinski definition) is 4. The van der Waals surface area contributed by atoms with Crippen molar-refractivity contribution in [1.82, 2.24) is 4.98 Å². The molecule has 3 N–H and O–H groups in total. The van der Waals surface area contributed by atoms with Gasteiger partial charge in [0.2, 0.25) is 0 Å². The van der Waals surface area contributed by atoms with Crippen molar-refractivity contribution in [2.75, 3.05) is 5.32 Å². The molecule has 1 aromatic carbocycles. The van der Waals surface area contributed by atoms with E-state index in [1.807, 2.05) is 36.0 Å². The first-order chi connectivity index (χ1) is 8.18. The van der Waals surface area contributed by atoms with Gasteiger partial charge in [-0.15, -0.1) is 11.3 Å². The third kappa shape index (κ3) is 2.81. The zero-order valence-electron chi connectivity index (χ0n) is 9.43. The van der Waals surface area contributed by atoms with Crippen LogP contribution in [0.4, 0.5) is 5.69 Å². The highest BCUT2D eigenvalue weighted by Crippen LogP contribution is 2.21. The molecule has 0 saturated carbocycles. The summed E-state index contributed by atoms with van der Waals surface area (Å²) in [6, 6.07) is 5.92. The van der Waals surface area contributed by atoms with Crippen molar-refractivity contribution in [1.29, 1.82) is 0 Å². The van der Waals surface area contributed by atoms with Crippen molar-refractivity contribution in [3.8, 4) is 0 Å². The Labute approximate surface area is 110 Å². The highest BCUT2D eigenvalue weighted by Gasteiger charge is 2.07. The maximum absolute atomic E-state index is 5.71. The van der Waals surface area contributed by atoms with E-state index in [0.717, 1.165) is 22.5 Å². The van der Waals surface area contributed by atoms with E-state index in [0.29, 0.717) is 11.5 Å². The summed E-state index contributed by atoms with van der Waals surface area (Å²) in [5.41, 5.74) is 11.6. The summed E-state index contributed by atoms with van der Waals surface area (Å²) in [7, 11) is 0. The lowest BCUT2D eigenvalue weighted by Gasteiger charge is -2.13. The van der Waals surface area contributed by atoms with Crippen molar-refractivity contribution >= 4 is 34.2 Å². The molecular formula is C12H13N3S2. The molecular weight excluding hydrogens is 250 g/mol. The van der Waals surface area contributed by atoms with Gasteiger partial charge in [0.25, 0.3) is 0 Å². The van der Waals surface area contributed by atoms with Crippen LogP contribution < -0.4 is 11.1 Å². The molecule has 0 aliphatic rings. The van der Waals surface area contributed by atoms with Gasteiger partial charge in [0.1, 0.15) is 4.99 Å². The standard InChI is InChI=1S/C12H13N3S2/c1-8-3-2-4-10(12(13)16)11(8)14-5-9-6-17-7-15-9/h2-4,6-7,14H,5H2,1H3,(H2,13,16). The fourth-order valence-electron chi connectivity index (χ4n) is 1.61. The highest BCUT2D eigenvalue weighted by atomic mass is 32.1. The van der Waals surface area contributed by atoms with Crippen LogP contribution in [0.2, 0.25) is 0 Å². The van der Waals surface area contributed by atoms with E-state index in [1.54, 1.807) is 11.3 Å². The lowest BCUT2D eigenvalue weighted by molar-refractivity contribution is 1.07. The quantitative estimate of drug-likeness (QED) is 0.833. The van der Waals surface area contributed by atoms with Gasteiger partial charge in [-0.2, -0.15) is 0 Å². The Morgan fingerprint density at radius 2 is 2.35 bits per heavy atom. The molecule has 88 valence electrons. The molecule has 0 spiro atoms. The minimum Gasteiger partial charge on any atom is -0.389 e. The van der Waals surface area contributed by atoms with Crippen LogP contribution >= 0.6 is 23.6 Å². The number of anilines is 1. The zero-order chi connectivity index (χ0) is 12.3. The van der Waals surface area contributed by atoms with Crippen molar-refractivity contribution < 1.29 is 0 Å². The molecule has 0 aliphatic heterocycles. The van der Waals surface area contributed by atoms with E-state index < -0.39 is 0 Å². The van der Waals surface area contributed by atoms with E-state index in [4.69, 9.17) is 18.0 Å². The molecule has 0 atom stereocenters. The van der Waals surface area contributed by atoms with Crippen molar-refractivity contribution in [2.24, 2.45) is 5.73 Å². The van der Waals surface area contributed by atoms with E-state index in [9.17, 15) is 0 Å². The predicted octanol–water partition coefficient (Wildman–Crippen LogP) is 2.70. The Bertz CT molecular complexity index is 521. The van der Waals surface area contributed by atoms with Crippen molar-refractivity contribution in [2.45, 2.75) is 13.5 Å². The molecule has 0 amide bonds. The fraction of sp³-hybridized carbons (Fsp3) is 0.167.